The minimum Gasteiger partial charge on any atom is -0.465 e. The summed E-state index contributed by atoms with van der Waals surface area (Å²) in [4.78, 5) is 11.1. The third kappa shape index (κ3) is 5.43. The summed E-state index contributed by atoms with van der Waals surface area (Å²) in [5, 5.41) is 8.44. The Morgan fingerprint density at radius 2 is 2.08 bits per heavy atom. The highest BCUT2D eigenvalue weighted by molar-refractivity contribution is 7.82. The Kier molecular flexibility index (Phi) is 5.33. The third-order valence-electron chi connectivity index (χ3n) is 1.29. The molecule has 0 aromatic heterocycles. The lowest BCUT2D eigenvalue weighted by Gasteiger charge is -2.15. The predicted molar refractivity (Wildman–Crippen MR) is 50.3 cm³/mol. The molecule has 0 saturated heterocycles. The summed E-state index contributed by atoms with van der Waals surface area (Å²) in [5.74, 6) is -0.316. The molecule has 0 amide bonds. The first-order valence-electron chi connectivity index (χ1n) is 3.99. The van der Waals surface area contributed by atoms with Crippen molar-refractivity contribution in [3.05, 3.63) is 0 Å². The third-order valence-corrected chi connectivity index (χ3v) is 1.47. The number of thiol groups is 1. The second-order valence-electron chi connectivity index (χ2n) is 3.13. The smallest absolute Gasteiger partial charge is 0.321 e. The molecule has 0 aliphatic carbocycles. The number of aliphatic hydroxyl groups is 1. The molecule has 0 heterocycles. The fourth-order valence-corrected chi connectivity index (χ4v) is 0.620. The molecule has 0 aromatic carbocycles. The molecule has 0 spiro atoms. The predicted octanol–water partition coefficient (Wildman–Crippen LogP) is 1.01. The van der Waals surface area contributed by atoms with Crippen LogP contribution in [0.5, 0.6) is 0 Å². The average molecular weight is 192 g/mol. The highest BCUT2D eigenvalue weighted by Gasteiger charge is 2.23. The lowest BCUT2D eigenvalue weighted by Crippen LogP contribution is -2.27. The lowest BCUT2D eigenvalue weighted by molar-refractivity contribution is -0.145. The molecule has 0 aliphatic rings. The minimum absolute atomic E-state index is 0.141. The molecule has 72 valence electrons. The number of carbonyl (C=O) groups excluding carboxylic acids is 1. The number of rotatable bonds is 5. The lowest BCUT2D eigenvalue weighted by atomic mass is 10.2. The molecule has 4 heteroatoms. The Morgan fingerprint density at radius 1 is 1.50 bits per heavy atom. The van der Waals surface area contributed by atoms with Crippen molar-refractivity contribution in [1.29, 1.82) is 0 Å². The van der Waals surface area contributed by atoms with Crippen LogP contribution in [0.4, 0.5) is 0 Å². The van der Waals surface area contributed by atoms with Gasteiger partial charge in [0.15, 0.2) is 0 Å². The summed E-state index contributed by atoms with van der Waals surface area (Å²) in [6, 6.07) is 0. The largest absolute Gasteiger partial charge is 0.465 e. The molecule has 0 aliphatic heterocycles. The van der Waals surface area contributed by atoms with Gasteiger partial charge in [0.05, 0.1) is 6.61 Å². The number of hydrogen-bond acceptors (Lipinski definition) is 4. The van der Waals surface area contributed by atoms with E-state index in [4.69, 9.17) is 9.84 Å². The average Bonchev–Trinajstić information content (AvgIpc) is 1.96. The normalized spacial score (nSPS) is 11.3. The summed E-state index contributed by atoms with van der Waals surface area (Å²) >= 11 is 4.05. The maximum atomic E-state index is 11.1. The first-order valence-corrected chi connectivity index (χ1v) is 4.43. The zero-order chi connectivity index (χ0) is 9.61. The Balaban J connectivity index is 3.45. The summed E-state index contributed by atoms with van der Waals surface area (Å²) < 4.78 is 4.16. The second kappa shape index (κ2) is 5.43. The van der Waals surface area contributed by atoms with Crippen molar-refractivity contribution in [2.45, 2.75) is 31.4 Å². The zero-order valence-electron chi connectivity index (χ0n) is 7.54. The van der Waals surface area contributed by atoms with Crippen molar-refractivity contribution < 1.29 is 14.6 Å². The zero-order valence-corrected chi connectivity index (χ0v) is 8.43. The first-order chi connectivity index (χ1) is 5.48. The minimum atomic E-state index is -0.723. The molecule has 0 aromatic rings. The van der Waals surface area contributed by atoms with E-state index in [0.29, 0.717) is 19.4 Å². The van der Waals surface area contributed by atoms with Crippen LogP contribution in [0.25, 0.3) is 0 Å². The SMILES string of the molecule is CC(C)(S)C(=O)OCCCCO. The maximum absolute atomic E-state index is 11.1. The van der Waals surface area contributed by atoms with Crippen LogP contribution < -0.4 is 0 Å². The molecule has 0 saturated carbocycles. The Labute approximate surface area is 78.5 Å². The van der Waals surface area contributed by atoms with Crippen molar-refractivity contribution in [2.24, 2.45) is 0 Å². The molecule has 0 unspecified atom stereocenters. The van der Waals surface area contributed by atoms with Crippen molar-refractivity contribution in [3.63, 3.8) is 0 Å². The van der Waals surface area contributed by atoms with E-state index in [0.717, 1.165) is 0 Å². The van der Waals surface area contributed by atoms with Crippen LogP contribution >= 0.6 is 12.6 Å². The molecular weight excluding hydrogens is 176 g/mol. The van der Waals surface area contributed by atoms with Gasteiger partial charge in [-0.2, -0.15) is 12.6 Å². The number of hydrogen-bond donors (Lipinski definition) is 2. The Bertz CT molecular complexity index is 140. The number of unbranched alkanes of at least 4 members (excludes halogenated alkanes) is 1. The number of esters is 1. The van der Waals surface area contributed by atoms with Crippen molar-refractivity contribution in [2.75, 3.05) is 13.2 Å². The van der Waals surface area contributed by atoms with Gasteiger partial charge in [-0.1, -0.05) is 0 Å². The highest BCUT2D eigenvalue weighted by Crippen LogP contribution is 2.13. The van der Waals surface area contributed by atoms with Crippen LogP contribution in [0, 0.1) is 0 Å². The van der Waals surface area contributed by atoms with Gasteiger partial charge in [0, 0.05) is 6.61 Å². The standard InChI is InChI=1S/C8H16O3S/c1-8(2,12)7(10)11-6-4-3-5-9/h9,12H,3-6H2,1-2H3. The van der Waals surface area contributed by atoms with E-state index >= 15 is 0 Å². The van der Waals surface area contributed by atoms with Gasteiger partial charge >= 0.3 is 5.97 Å². The fourth-order valence-electron chi connectivity index (χ4n) is 0.555. The second-order valence-corrected chi connectivity index (χ2v) is 4.24. The molecule has 12 heavy (non-hydrogen) atoms. The van der Waals surface area contributed by atoms with Gasteiger partial charge in [-0.25, -0.2) is 0 Å². The quantitative estimate of drug-likeness (QED) is 0.388. The van der Waals surface area contributed by atoms with Gasteiger partial charge in [-0.3, -0.25) is 4.79 Å². The van der Waals surface area contributed by atoms with Crippen LogP contribution in [0.3, 0.4) is 0 Å². The van der Waals surface area contributed by atoms with Gasteiger partial charge in [-0.05, 0) is 26.7 Å². The summed E-state index contributed by atoms with van der Waals surface area (Å²) in [5.41, 5.74) is 0. The van der Waals surface area contributed by atoms with Crippen LogP contribution in [0.15, 0.2) is 0 Å². The Hall–Kier alpha value is -0.220. The van der Waals surface area contributed by atoms with E-state index in [1.165, 1.54) is 0 Å². The van der Waals surface area contributed by atoms with Gasteiger partial charge in [0.25, 0.3) is 0 Å². The first kappa shape index (κ1) is 11.8. The van der Waals surface area contributed by atoms with E-state index < -0.39 is 4.75 Å². The van der Waals surface area contributed by atoms with E-state index in [1.807, 2.05) is 0 Å². The van der Waals surface area contributed by atoms with Gasteiger partial charge in [0.1, 0.15) is 4.75 Å². The van der Waals surface area contributed by atoms with Crippen LogP contribution in [0.1, 0.15) is 26.7 Å². The maximum Gasteiger partial charge on any atom is 0.321 e. The topological polar surface area (TPSA) is 46.5 Å². The van der Waals surface area contributed by atoms with Crippen molar-refractivity contribution in [1.82, 2.24) is 0 Å². The summed E-state index contributed by atoms with van der Waals surface area (Å²) in [7, 11) is 0. The molecule has 3 nitrogen and oxygen atoms in total. The molecular formula is C8H16O3S. The van der Waals surface area contributed by atoms with E-state index in [2.05, 4.69) is 12.6 Å². The van der Waals surface area contributed by atoms with E-state index in [1.54, 1.807) is 13.8 Å². The van der Waals surface area contributed by atoms with Crippen LogP contribution in [0.2, 0.25) is 0 Å². The van der Waals surface area contributed by atoms with Gasteiger partial charge < -0.3 is 9.84 Å². The fraction of sp³-hybridized carbons (Fsp3) is 0.875. The van der Waals surface area contributed by atoms with Crippen molar-refractivity contribution in [3.8, 4) is 0 Å². The van der Waals surface area contributed by atoms with Gasteiger partial charge in [0.2, 0.25) is 0 Å². The molecule has 0 fully saturated rings. The molecule has 0 bridgehead atoms. The number of carbonyl (C=O) groups is 1. The van der Waals surface area contributed by atoms with Crippen LogP contribution in [-0.4, -0.2) is 29.0 Å². The number of ether oxygens (including phenoxy) is 1. The summed E-state index contributed by atoms with van der Waals surface area (Å²) in [6.07, 6.45) is 1.37. The Morgan fingerprint density at radius 3 is 2.50 bits per heavy atom. The van der Waals surface area contributed by atoms with Gasteiger partial charge in [-0.15, -0.1) is 0 Å². The molecule has 1 N–H and O–H groups in total. The van der Waals surface area contributed by atoms with E-state index in [-0.39, 0.29) is 12.6 Å². The van der Waals surface area contributed by atoms with Crippen LogP contribution in [-0.2, 0) is 9.53 Å². The summed E-state index contributed by atoms with van der Waals surface area (Å²) in [6.45, 7) is 3.88. The van der Waals surface area contributed by atoms with E-state index in [9.17, 15) is 4.79 Å². The molecule has 0 radical (unpaired) electrons. The monoisotopic (exact) mass is 192 g/mol. The molecule has 0 rings (SSSR count). The highest BCUT2D eigenvalue weighted by atomic mass is 32.1. The number of aliphatic hydroxyl groups excluding tert-OH is 1. The molecule has 0 atom stereocenters. The van der Waals surface area contributed by atoms with Crippen molar-refractivity contribution >= 4 is 18.6 Å².